The predicted octanol–water partition coefficient (Wildman–Crippen LogP) is 11.4. The molecule has 0 fully saturated rings. The third kappa shape index (κ3) is 6.54. The number of nitrogens with zero attached hydrogens (tertiary/aromatic N) is 7. The Bertz CT molecular complexity index is 2840. The van der Waals surface area contributed by atoms with Crippen molar-refractivity contribution in [2.75, 3.05) is 0 Å². The lowest BCUT2D eigenvalue weighted by Crippen LogP contribution is -2.03. The van der Waals surface area contributed by atoms with Gasteiger partial charge in [-0.25, -0.2) is 24.9 Å². The third-order valence-electron chi connectivity index (χ3n) is 9.79. The van der Waals surface area contributed by atoms with E-state index in [2.05, 4.69) is 76.7 Å². The topological polar surface area (TPSA) is 90.2 Å². The molecule has 5 heterocycles. The predicted molar refractivity (Wildman–Crippen MR) is 224 cm³/mol. The molecule has 5 aromatic carbocycles. The Labute approximate surface area is 323 Å². The molecule has 56 heavy (non-hydrogen) atoms. The highest BCUT2D eigenvalue weighted by Crippen LogP contribution is 2.35. The van der Waals surface area contributed by atoms with Gasteiger partial charge in [-0.3, -0.25) is 9.97 Å². The molecule has 0 radical (unpaired) electrons. The van der Waals surface area contributed by atoms with Crippen LogP contribution in [0.15, 0.2) is 188 Å². The smallest absolute Gasteiger partial charge is 0.182 e. The second-order valence-corrected chi connectivity index (χ2v) is 13.5. The fraction of sp³-hybridized carbons (Fsp3) is 0. The minimum absolute atomic E-state index is 0.454. The van der Waals surface area contributed by atoms with E-state index in [1.807, 2.05) is 122 Å². The maximum atomic E-state index is 5.15. The van der Waals surface area contributed by atoms with Gasteiger partial charge in [0.15, 0.2) is 17.5 Å². The van der Waals surface area contributed by atoms with E-state index in [1.165, 1.54) is 0 Å². The van der Waals surface area contributed by atoms with Crippen molar-refractivity contribution in [3.63, 3.8) is 0 Å². The van der Waals surface area contributed by atoms with Crippen molar-refractivity contribution in [1.82, 2.24) is 34.9 Å². The van der Waals surface area contributed by atoms with Crippen LogP contribution in [0.1, 0.15) is 0 Å². The van der Waals surface area contributed by atoms with E-state index in [4.69, 9.17) is 24.9 Å². The van der Waals surface area contributed by atoms with Gasteiger partial charge in [0, 0.05) is 39.9 Å². The summed E-state index contributed by atoms with van der Waals surface area (Å²) in [5, 5.41) is 2.12. The molecule has 0 amide bonds. The van der Waals surface area contributed by atoms with Crippen LogP contribution in [0.2, 0.25) is 0 Å². The lowest BCUT2D eigenvalue weighted by Gasteiger charge is -2.13. The van der Waals surface area contributed by atoms with E-state index in [0.717, 1.165) is 72.1 Å². The molecular formula is C49H31N7. The Morgan fingerprint density at radius 3 is 1.20 bits per heavy atom. The molecule has 0 unspecified atom stereocenters. The second kappa shape index (κ2) is 14.2. The molecule has 0 aliphatic heterocycles. The standard InChI is InChI=1S/C49H31N7/c1-3-11-32(12-4-1)43-17-7-19-45(52-43)48-54-47(55-49(56-48)46-20-8-18-44(53-46)33-13-5-2-6-14-33)40-30-38(34-21-23-41-36(27-34)15-9-25-50-41)29-39(31-40)35-22-24-42-37(28-35)16-10-26-51-42/h1-31H. The van der Waals surface area contributed by atoms with Crippen LogP contribution in [0, 0.1) is 0 Å². The van der Waals surface area contributed by atoms with Gasteiger partial charge in [-0.05, 0) is 101 Å². The lowest BCUT2D eigenvalue weighted by molar-refractivity contribution is 1.05. The Morgan fingerprint density at radius 2 is 0.696 bits per heavy atom. The lowest BCUT2D eigenvalue weighted by atomic mass is 9.94. The van der Waals surface area contributed by atoms with E-state index >= 15 is 0 Å². The monoisotopic (exact) mass is 717 g/mol. The number of hydrogen-bond donors (Lipinski definition) is 0. The Balaban J connectivity index is 1.19. The maximum Gasteiger partial charge on any atom is 0.182 e. The fourth-order valence-electron chi connectivity index (χ4n) is 6.99. The van der Waals surface area contributed by atoms with Gasteiger partial charge in [0.1, 0.15) is 11.4 Å². The molecule has 0 aliphatic carbocycles. The molecule has 0 aliphatic rings. The molecule has 0 bridgehead atoms. The van der Waals surface area contributed by atoms with Crippen LogP contribution in [-0.4, -0.2) is 34.9 Å². The number of aromatic nitrogens is 7. The highest BCUT2D eigenvalue weighted by Gasteiger charge is 2.17. The first-order valence-electron chi connectivity index (χ1n) is 18.4. The average molecular weight is 718 g/mol. The highest BCUT2D eigenvalue weighted by molar-refractivity contribution is 5.89. The van der Waals surface area contributed by atoms with Crippen molar-refractivity contribution in [3.05, 3.63) is 188 Å². The second-order valence-electron chi connectivity index (χ2n) is 13.5. The number of benzene rings is 5. The fourth-order valence-corrected chi connectivity index (χ4v) is 6.99. The Kier molecular flexibility index (Phi) is 8.35. The van der Waals surface area contributed by atoms with Crippen LogP contribution in [-0.2, 0) is 0 Å². The van der Waals surface area contributed by atoms with Gasteiger partial charge < -0.3 is 0 Å². The van der Waals surface area contributed by atoms with Gasteiger partial charge in [0.25, 0.3) is 0 Å². The van der Waals surface area contributed by atoms with Crippen LogP contribution < -0.4 is 0 Å². The minimum Gasteiger partial charge on any atom is -0.256 e. The van der Waals surface area contributed by atoms with Gasteiger partial charge in [-0.1, -0.05) is 97.1 Å². The zero-order valence-corrected chi connectivity index (χ0v) is 30.0. The molecule has 262 valence electrons. The number of fused-ring (bicyclic) bond motifs is 2. The van der Waals surface area contributed by atoms with Crippen LogP contribution in [0.3, 0.4) is 0 Å². The third-order valence-corrected chi connectivity index (χ3v) is 9.79. The summed E-state index contributed by atoms with van der Waals surface area (Å²) in [7, 11) is 0. The zero-order chi connectivity index (χ0) is 37.3. The summed E-state index contributed by atoms with van der Waals surface area (Å²) in [6, 6.07) is 59.4. The first-order valence-corrected chi connectivity index (χ1v) is 18.4. The van der Waals surface area contributed by atoms with Crippen LogP contribution in [0.25, 0.3) is 101 Å². The molecule has 7 nitrogen and oxygen atoms in total. The van der Waals surface area contributed by atoms with Crippen molar-refractivity contribution < 1.29 is 0 Å². The van der Waals surface area contributed by atoms with Gasteiger partial charge in [-0.15, -0.1) is 0 Å². The molecule has 0 N–H and O–H groups in total. The number of rotatable bonds is 7. The summed E-state index contributed by atoms with van der Waals surface area (Å²) in [4.78, 5) is 34.6. The van der Waals surface area contributed by atoms with E-state index < -0.39 is 0 Å². The summed E-state index contributed by atoms with van der Waals surface area (Å²) in [6.07, 6.45) is 3.64. The van der Waals surface area contributed by atoms with E-state index in [9.17, 15) is 0 Å². The van der Waals surface area contributed by atoms with Gasteiger partial charge in [0.05, 0.1) is 22.4 Å². The van der Waals surface area contributed by atoms with Crippen LogP contribution in [0.5, 0.6) is 0 Å². The molecule has 7 heteroatoms. The Morgan fingerprint density at radius 1 is 0.250 bits per heavy atom. The van der Waals surface area contributed by atoms with Crippen LogP contribution >= 0.6 is 0 Å². The van der Waals surface area contributed by atoms with Crippen molar-refractivity contribution in [1.29, 1.82) is 0 Å². The molecule has 0 saturated heterocycles. The van der Waals surface area contributed by atoms with Crippen molar-refractivity contribution in [2.45, 2.75) is 0 Å². The highest BCUT2D eigenvalue weighted by atomic mass is 15.1. The van der Waals surface area contributed by atoms with E-state index in [0.29, 0.717) is 28.9 Å². The largest absolute Gasteiger partial charge is 0.256 e. The SMILES string of the molecule is c1ccc(-c2cccc(-c3nc(-c4cc(-c5ccc6ncccc6c5)cc(-c5ccc6ncccc6c5)c4)nc(-c4cccc(-c5ccccc5)n4)n3)n2)cc1. The zero-order valence-electron chi connectivity index (χ0n) is 30.0. The van der Waals surface area contributed by atoms with E-state index in [1.54, 1.807) is 0 Å². The van der Waals surface area contributed by atoms with Gasteiger partial charge in [0.2, 0.25) is 0 Å². The molecule has 10 rings (SSSR count). The molecule has 0 spiro atoms. The summed E-state index contributed by atoms with van der Waals surface area (Å²) in [6.45, 7) is 0. The quantitative estimate of drug-likeness (QED) is 0.162. The molecule has 0 atom stereocenters. The Hall–Kier alpha value is -7.77. The van der Waals surface area contributed by atoms with Gasteiger partial charge >= 0.3 is 0 Å². The first-order chi connectivity index (χ1) is 27.7. The molecule has 10 aromatic rings. The number of pyridine rings is 4. The summed E-state index contributed by atoms with van der Waals surface area (Å²) >= 11 is 0. The van der Waals surface area contributed by atoms with E-state index in [-0.39, 0.29) is 0 Å². The van der Waals surface area contributed by atoms with Crippen molar-refractivity contribution in [2.24, 2.45) is 0 Å². The average Bonchev–Trinajstić information content (AvgIpc) is 3.29. The van der Waals surface area contributed by atoms with Crippen LogP contribution in [0.4, 0.5) is 0 Å². The summed E-state index contributed by atoms with van der Waals surface area (Å²) < 4.78 is 0. The molecule has 5 aromatic heterocycles. The normalized spacial score (nSPS) is 11.2. The van der Waals surface area contributed by atoms with Gasteiger partial charge in [-0.2, -0.15) is 0 Å². The van der Waals surface area contributed by atoms with Crippen molar-refractivity contribution >= 4 is 21.8 Å². The first kappa shape index (κ1) is 32.8. The molecular weight excluding hydrogens is 687 g/mol. The minimum atomic E-state index is 0.454. The van der Waals surface area contributed by atoms with Crippen molar-refractivity contribution in [3.8, 4) is 79.2 Å². The number of hydrogen-bond acceptors (Lipinski definition) is 7. The maximum absolute atomic E-state index is 5.15. The summed E-state index contributed by atoms with van der Waals surface area (Å²) in [5.41, 5.74) is 11.8. The molecule has 0 saturated carbocycles. The summed E-state index contributed by atoms with van der Waals surface area (Å²) in [5.74, 6) is 1.42.